The summed E-state index contributed by atoms with van der Waals surface area (Å²) < 4.78 is 2.05. The van der Waals surface area contributed by atoms with Gasteiger partial charge in [-0.05, 0) is 66.6 Å². The third-order valence-corrected chi connectivity index (χ3v) is 6.82. The van der Waals surface area contributed by atoms with Crippen molar-refractivity contribution >= 4 is 17.1 Å². The second-order valence-corrected chi connectivity index (χ2v) is 9.27. The Bertz CT molecular complexity index is 1600. The van der Waals surface area contributed by atoms with E-state index < -0.39 is 0 Å². The van der Waals surface area contributed by atoms with Crippen LogP contribution >= 0.6 is 0 Å². The van der Waals surface area contributed by atoms with Crippen molar-refractivity contribution < 1.29 is 0 Å². The number of hydrogen-bond acceptors (Lipinski definition) is 2. The third-order valence-electron chi connectivity index (χ3n) is 6.82. The standard InChI is InChI=1S/C35H29N3/c1-2-27-18-20-31(21-19-27)37(30-16-10-5-11-17-30)32-22-24-33(25-23-32)38-35(29-14-8-4-9-15-29)26-34(36-38)28-12-6-3-7-13-28/h3-26H,2H2,1H3. The van der Waals surface area contributed by atoms with Gasteiger partial charge in [0.1, 0.15) is 0 Å². The molecule has 0 aliphatic heterocycles. The first-order valence-corrected chi connectivity index (χ1v) is 13.1. The van der Waals surface area contributed by atoms with Crippen LogP contribution in [0, 0.1) is 0 Å². The number of benzene rings is 5. The Hall–Kier alpha value is -4.89. The molecule has 38 heavy (non-hydrogen) atoms. The summed E-state index contributed by atoms with van der Waals surface area (Å²) >= 11 is 0. The van der Waals surface area contributed by atoms with Crippen LogP contribution in [0.2, 0.25) is 0 Å². The SMILES string of the molecule is CCc1ccc(N(c2ccccc2)c2ccc(-n3nc(-c4ccccc4)cc3-c3ccccc3)cc2)cc1. The van der Waals surface area contributed by atoms with Gasteiger partial charge < -0.3 is 4.90 Å². The molecule has 0 amide bonds. The second kappa shape index (κ2) is 10.6. The normalized spacial score (nSPS) is 10.9. The molecule has 1 heterocycles. The van der Waals surface area contributed by atoms with E-state index in [2.05, 4.69) is 145 Å². The number of rotatable bonds is 7. The van der Waals surface area contributed by atoms with E-state index in [4.69, 9.17) is 5.10 Å². The summed E-state index contributed by atoms with van der Waals surface area (Å²) in [6.45, 7) is 2.19. The first-order chi connectivity index (χ1) is 18.8. The van der Waals surface area contributed by atoms with Gasteiger partial charge in [0.05, 0.1) is 17.1 Å². The Morgan fingerprint density at radius 2 is 1.05 bits per heavy atom. The van der Waals surface area contributed by atoms with E-state index in [1.807, 2.05) is 16.8 Å². The molecule has 0 saturated carbocycles. The van der Waals surface area contributed by atoms with Gasteiger partial charge in [-0.1, -0.05) is 97.9 Å². The second-order valence-electron chi connectivity index (χ2n) is 9.27. The minimum Gasteiger partial charge on any atom is -0.311 e. The predicted molar refractivity (Wildman–Crippen MR) is 158 cm³/mol. The highest BCUT2D eigenvalue weighted by atomic mass is 15.3. The minimum atomic E-state index is 0.954. The van der Waals surface area contributed by atoms with Gasteiger partial charge in [-0.15, -0.1) is 0 Å². The van der Waals surface area contributed by atoms with Crippen molar-refractivity contribution in [2.45, 2.75) is 13.3 Å². The molecule has 6 rings (SSSR count). The van der Waals surface area contributed by atoms with Crippen LogP contribution in [0.3, 0.4) is 0 Å². The molecule has 0 aliphatic carbocycles. The smallest absolute Gasteiger partial charge is 0.0934 e. The highest BCUT2D eigenvalue weighted by Gasteiger charge is 2.15. The number of nitrogens with zero attached hydrogens (tertiary/aromatic N) is 3. The molecule has 0 unspecified atom stereocenters. The minimum absolute atomic E-state index is 0.954. The van der Waals surface area contributed by atoms with Gasteiger partial charge in [-0.3, -0.25) is 0 Å². The number of hydrogen-bond donors (Lipinski definition) is 0. The lowest BCUT2D eigenvalue weighted by molar-refractivity contribution is 0.892. The van der Waals surface area contributed by atoms with Crippen LogP contribution in [0.5, 0.6) is 0 Å². The van der Waals surface area contributed by atoms with Crippen molar-refractivity contribution in [1.82, 2.24) is 9.78 Å². The molecule has 184 valence electrons. The number of aryl methyl sites for hydroxylation is 1. The van der Waals surface area contributed by atoms with Crippen LogP contribution in [0.25, 0.3) is 28.2 Å². The van der Waals surface area contributed by atoms with Gasteiger partial charge in [0.2, 0.25) is 0 Å². The number of aromatic nitrogens is 2. The van der Waals surface area contributed by atoms with Gasteiger partial charge in [0.15, 0.2) is 0 Å². The van der Waals surface area contributed by atoms with Crippen LogP contribution in [-0.4, -0.2) is 9.78 Å². The zero-order valence-electron chi connectivity index (χ0n) is 21.4. The van der Waals surface area contributed by atoms with Gasteiger partial charge in [-0.25, -0.2) is 4.68 Å². The summed E-state index contributed by atoms with van der Waals surface area (Å²) in [5.41, 5.74) is 9.96. The van der Waals surface area contributed by atoms with Crippen LogP contribution < -0.4 is 4.90 Å². The van der Waals surface area contributed by atoms with Crippen molar-refractivity contribution in [2.24, 2.45) is 0 Å². The van der Waals surface area contributed by atoms with Gasteiger partial charge in [-0.2, -0.15) is 5.10 Å². The summed E-state index contributed by atoms with van der Waals surface area (Å²) in [5.74, 6) is 0. The molecule has 0 N–H and O–H groups in total. The molecular weight excluding hydrogens is 462 g/mol. The maximum Gasteiger partial charge on any atom is 0.0934 e. The summed E-state index contributed by atoms with van der Waals surface area (Å²) in [4.78, 5) is 2.29. The largest absolute Gasteiger partial charge is 0.311 e. The Balaban J connectivity index is 1.42. The molecule has 6 aromatic rings. The van der Waals surface area contributed by atoms with Crippen molar-refractivity contribution in [3.05, 3.63) is 151 Å². The first kappa shape index (κ1) is 23.5. The monoisotopic (exact) mass is 491 g/mol. The number of anilines is 3. The van der Waals surface area contributed by atoms with Crippen molar-refractivity contribution in [3.8, 4) is 28.2 Å². The lowest BCUT2D eigenvalue weighted by atomic mass is 10.1. The zero-order valence-corrected chi connectivity index (χ0v) is 21.4. The predicted octanol–water partition coefficient (Wildman–Crippen LogP) is 9.24. The lowest BCUT2D eigenvalue weighted by Gasteiger charge is -2.26. The van der Waals surface area contributed by atoms with Crippen LogP contribution in [-0.2, 0) is 6.42 Å². The molecule has 0 bridgehead atoms. The van der Waals surface area contributed by atoms with Crippen LogP contribution in [0.1, 0.15) is 12.5 Å². The Labute approximate surface area is 224 Å². The van der Waals surface area contributed by atoms with E-state index in [1.54, 1.807) is 0 Å². The molecule has 0 fully saturated rings. The molecular formula is C35H29N3. The maximum absolute atomic E-state index is 5.04. The van der Waals surface area contributed by atoms with E-state index in [-0.39, 0.29) is 0 Å². The van der Waals surface area contributed by atoms with E-state index in [0.717, 1.165) is 51.7 Å². The molecule has 5 aromatic carbocycles. The molecule has 0 atom stereocenters. The molecule has 0 radical (unpaired) electrons. The van der Waals surface area contributed by atoms with Crippen LogP contribution in [0.15, 0.2) is 146 Å². The summed E-state index contributed by atoms with van der Waals surface area (Å²) in [7, 11) is 0. The molecule has 0 spiro atoms. The Morgan fingerprint density at radius 3 is 1.63 bits per heavy atom. The van der Waals surface area contributed by atoms with Crippen LogP contribution in [0.4, 0.5) is 17.1 Å². The first-order valence-electron chi connectivity index (χ1n) is 13.1. The molecule has 3 nitrogen and oxygen atoms in total. The van der Waals surface area contributed by atoms with Gasteiger partial charge in [0, 0.05) is 28.2 Å². The summed E-state index contributed by atoms with van der Waals surface area (Å²) in [6.07, 6.45) is 1.03. The third kappa shape index (κ3) is 4.74. The molecule has 3 heteroatoms. The fourth-order valence-electron chi connectivity index (χ4n) is 4.79. The summed E-state index contributed by atoms with van der Waals surface area (Å²) in [6, 6.07) is 51.0. The lowest BCUT2D eigenvalue weighted by Crippen LogP contribution is -2.10. The van der Waals surface area contributed by atoms with Crippen molar-refractivity contribution in [1.29, 1.82) is 0 Å². The number of para-hydroxylation sites is 1. The quantitative estimate of drug-likeness (QED) is 0.222. The van der Waals surface area contributed by atoms with E-state index in [1.165, 1.54) is 5.56 Å². The highest BCUT2D eigenvalue weighted by Crippen LogP contribution is 2.36. The maximum atomic E-state index is 5.04. The van der Waals surface area contributed by atoms with Crippen molar-refractivity contribution in [3.63, 3.8) is 0 Å². The van der Waals surface area contributed by atoms with Gasteiger partial charge >= 0.3 is 0 Å². The average Bonchev–Trinajstić information content (AvgIpc) is 3.45. The topological polar surface area (TPSA) is 21.1 Å². The highest BCUT2D eigenvalue weighted by molar-refractivity contribution is 5.77. The fourth-order valence-corrected chi connectivity index (χ4v) is 4.79. The van der Waals surface area contributed by atoms with E-state index in [9.17, 15) is 0 Å². The van der Waals surface area contributed by atoms with Gasteiger partial charge in [0.25, 0.3) is 0 Å². The molecule has 0 aliphatic rings. The Morgan fingerprint density at radius 1 is 0.553 bits per heavy atom. The van der Waals surface area contributed by atoms with E-state index >= 15 is 0 Å². The van der Waals surface area contributed by atoms with E-state index in [0.29, 0.717) is 0 Å². The molecule has 0 saturated heterocycles. The molecule has 1 aromatic heterocycles. The fraction of sp³-hybridized carbons (Fsp3) is 0.0571. The Kier molecular flexibility index (Phi) is 6.57. The average molecular weight is 492 g/mol. The zero-order chi connectivity index (χ0) is 25.7. The van der Waals surface area contributed by atoms with Crippen molar-refractivity contribution in [2.75, 3.05) is 4.90 Å². The summed E-state index contributed by atoms with van der Waals surface area (Å²) in [5, 5.41) is 5.04.